The molecule has 0 aliphatic carbocycles. The van der Waals surface area contributed by atoms with E-state index in [0.29, 0.717) is 13.1 Å². The van der Waals surface area contributed by atoms with E-state index >= 15 is 0 Å². The molecule has 0 aliphatic heterocycles. The molecule has 2 aromatic rings. The Morgan fingerprint density at radius 2 is 2.25 bits per heavy atom. The third kappa shape index (κ3) is 3.59. The predicted octanol–water partition coefficient (Wildman–Crippen LogP) is 0.972. The fourth-order valence-corrected chi connectivity index (χ4v) is 1.66. The lowest BCUT2D eigenvalue weighted by Crippen LogP contribution is -2.36. The van der Waals surface area contributed by atoms with E-state index in [-0.39, 0.29) is 0 Å². The van der Waals surface area contributed by atoms with Gasteiger partial charge in [0.15, 0.2) is 11.8 Å². The summed E-state index contributed by atoms with van der Waals surface area (Å²) >= 11 is 0. The number of hydrogen-bond acceptors (Lipinski definition) is 4. The smallest absolute Gasteiger partial charge is 0.192 e. The Hall–Kier alpha value is -2.31. The van der Waals surface area contributed by atoms with E-state index in [1.807, 2.05) is 37.6 Å². The summed E-state index contributed by atoms with van der Waals surface area (Å²) in [4.78, 5) is 4.49. The third-order valence-electron chi connectivity index (χ3n) is 2.92. The van der Waals surface area contributed by atoms with Crippen molar-refractivity contribution in [2.24, 2.45) is 12.0 Å². The van der Waals surface area contributed by atoms with Gasteiger partial charge in [0.05, 0.1) is 12.8 Å². The molecule has 0 radical (unpaired) electrons. The molecule has 0 bridgehead atoms. The van der Waals surface area contributed by atoms with Crippen LogP contribution in [0.15, 0.2) is 27.8 Å². The SMILES string of the molecule is CCNC(=NCc1nnc(C)n1C)NCc1ccco1. The van der Waals surface area contributed by atoms with Crippen molar-refractivity contribution in [3.63, 3.8) is 0 Å². The number of rotatable bonds is 5. The summed E-state index contributed by atoms with van der Waals surface area (Å²) in [6.45, 7) is 5.81. The average Bonchev–Trinajstić information content (AvgIpc) is 3.06. The van der Waals surface area contributed by atoms with Crippen molar-refractivity contribution in [1.29, 1.82) is 0 Å². The lowest BCUT2D eigenvalue weighted by atomic mass is 10.4. The largest absolute Gasteiger partial charge is 0.467 e. The first kappa shape index (κ1) is 14.1. The van der Waals surface area contributed by atoms with E-state index in [0.717, 1.165) is 29.9 Å². The molecule has 2 heterocycles. The zero-order chi connectivity index (χ0) is 14.4. The van der Waals surface area contributed by atoms with Gasteiger partial charge in [-0.3, -0.25) is 0 Å². The molecular weight excluding hydrogens is 256 g/mol. The van der Waals surface area contributed by atoms with E-state index in [1.54, 1.807) is 6.26 Å². The molecule has 0 fully saturated rings. The van der Waals surface area contributed by atoms with Crippen LogP contribution in [0.1, 0.15) is 24.3 Å². The van der Waals surface area contributed by atoms with Gasteiger partial charge in [-0.25, -0.2) is 4.99 Å². The molecule has 0 saturated carbocycles. The quantitative estimate of drug-likeness (QED) is 0.628. The molecule has 0 saturated heterocycles. The van der Waals surface area contributed by atoms with Crippen LogP contribution in [0.3, 0.4) is 0 Å². The highest BCUT2D eigenvalue weighted by atomic mass is 16.3. The third-order valence-corrected chi connectivity index (χ3v) is 2.92. The molecule has 0 aromatic carbocycles. The molecule has 0 amide bonds. The van der Waals surface area contributed by atoms with Gasteiger partial charge in [0.25, 0.3) is 0 Å². The molecule has 2 rings (SSSR count). The maximum atomic E-state index is 5.28. The molecule has 7 heteroatoms. The highest BCUT2D eigenvalue weighted by molar-refractivity contribution is 5.79. The number of nitrogens with zero attached hydrogens (tertiary/aromatic N) is 4. The van der Waals surface area contributed by atoms with Gasteiger partial charge in [0, 0.05) is 13.6 Å². The number of aromatic nitrogens is 3. The van der Waals surface area contributed by atoms with Gasteiger partial charge in [0.2, 0.25) is 0 Å². The summed E-state index contributed by atoms with van der Waals surface area (Å²) < 4.78 is 7.21. The van der Waals surface area contributed by atoms with Crippen molar-refractivity contribution in [2.45, 2.75) is 26.9 Å². The standard InChI is InChI=1S/C13H20N6O/c1-4-14-13(15-8-11-6-5-7-20-11)16-9-12-18-17-10(2)19(12)3/h5-7H,4,8-9H2,1-3H3,(H2,14,15,16). The lowest BCUT2D eigenvalue weighted by Gasteiger charge is -2.09. The number of nitrogens with one attached hydrogen (secondary N) is 2. The molecule has 108 valence electrons. The molecule has 0 unspecified atom stereocenters. The molecule has 0 atom stereocenters. The van der Waals surface area contributed by atoms with E-state index in [9.17, 15) is 0 Å². The minimum Gasteiger partial charge on any atom is -0.467 e. The Balaban J connectivity index is 1.96. The Bertz CT molecular complexity index is 557. The fourth-order valence-electron chi connectivity index (χ4n) is 1.66. The van der Waals surface area contributed by atoms with Crippen LogP contribution < -0.4 is 10.6 Å². The monoisotopic (exact) mass is 276 g/mol. The minimum atomic E-state index is 0.477. The second-order valence-corrected chi connectivity index (χ2v) is 4.35. The first-order valence-corrected chi connectivity index (χ1v) is 6.60. The Morgan fingerprint density at radius 3 is 2.85 bits per heavy atom. The first-order chi connectivity index (χ1) is 9.70. The fraction of sp³-hybridized carbons (Fsp3) is 0.462. The Labute approximate surface area is 118 Å². The van der Waals surface area contributed by atoms with Crippen LogP contribution in [0.4, 0.5) is 0 Å². The summed E-state index contributed by atoms with van der Waals surface area (Å²) in [7, 11) is 1.93. The first-order valence-electron chi connectivity index (χ1n) is 6.60. The molecule has 20 heavy (non-hydrogen) atoms. The zero-order valence-corrected chi connectivity index (χ0v) is 12.1. The van der Waals surface area contributed by atoms with Crippen LogP contribution in [-0.2, 0) is 20.1 Å². The minimum absolute atomic E-state index is 0.477. The summed E-state index contributed by atoms with van der Waals surface area (Å²) in [5.74, 6) is 3.30. The highest BCUT2D eigenvalue weighted by Crippen LogP contribution is 2.00. The summed E-state index contributed by atoms with van der Waals surface area (Å²) in [5, 5.41) is 14.5. The number of guanidine groups is 1. The zero-order valence-electron chi connectivity index (χ0n) is 12.1. The lowest BCUT2D eigenvalue weighted by molar-refractivity contribution is 0.501. The van der Waals surface area contributed by atoms with Crippen molar-refractivity contribution >= 4 is 5.96 Å². The van der Waals surface area contributed by atoms with Crippen LogP contribution in [0.5, 0.6) is 0 Å². The number of hydrogen-bond donors (Lipinski definition) is 2. The highest BCUT2D eigenvalue weighted by Gasteiger charge is 2.05. The van der Waals surface area contributed by atoms with Gasteiger partial charge in [-0.2, -0.15) is 0 Å². The molecule has 2 N–H and O–H groups in total. The van der Waals surface area contributed by atoms with Gasteiger partial charge in [0.1, 0.15) is 18.1 Å². The van der Waals surface area contributed by atoms with Gasteiger partial charge in [-0.05, 0) is 26.0 Å². The van der Waals surface area contributed by atoms with E-state index in [4.69, 9.17) is 4.42 Å². The molecule has 0 aliphatic rings. The molecule has 2 aromatic heterocycles. The number of furan rings is 1. The van der Waals surface area contributed by atoms with Crippen molar-refractivity contribution in [1.82, 2.24) is 25.4 Å². The molecule has 7 nitrogen and oxygen atoms in total. The number of aliphatic imine (C=N–C) groups is 1. The van der Waals surface area contributed by atoms with E-state index in [2.05, 4.69) is 25.8 Å². The van der Waals surface area contributed by atoms with Crippen LogP contribution in [-0.4, -0.2) is 27.3 Å². The maximum Gasteiger partial charge on any atom is 0.192 e. The Kier molecular flexibility index (Phi) is 4.75. The van der Waals surface area contributed by atoms with Gasteiger partial charge in [-0.15, -0.1) is 10.2 Å². The van der Waals surface area contributed by atoms with Crippen molar-refractivity contribution < 1.29 is 4.42 Å². The summed E-state index contributed by atoms with van der Waals surface area (Å²) in [5.41, 5.74) is 0. The van der Waals surface area contributed by atoms with Crippen LogP contribution in [0.2, 0.25) is 0 Å². The normalized spacial score (nSPS) is 11.7. The van der Waals surface area contributed by atoms with E-state index < -0.39 is 0 Å². The van der Waals surface area contributed by atoms with Crippen LogP contribution in [0.25, 0.3) is 0 Å². The summed E-state index contributed by atoms with van der Waals surface area (Å²) in [6, 6.07) is 3.78. The Morgan fingerprint density at radius 1 is 1.40 bits per heavy atom. The van der Waals surface area contributed by atoms with Crippen LogP contribution in [0, 0.1) is 6.92 Å². The second-order valence-electron chi connectivity index (χ2n) is 4.35. The van der Waals surface area contributed by atoms with E-state index in [1.165, 1.54) is 0 Å². The summed E-state index contributed by atoms with van der Waals surface area (Å²) in [6.07, 6.45) is 1.66. The topological polar surface area (TPSA) is 80.3 Å². The molecular formula is C13H20N6O. The average molecular weight is 276 g/mol. The second kappa shape index (κ2) is 6.74. The van der Waals surface area contributed by atoms with Gasteiger partial charge in [-0.1, -0.05) is 0 Å². The van der Waals surface area contributed by atoms with Crippen LogP contribution >= 0.6 is 0 Å². The number of aryl methyl sites for hydroxylation is 1. The van der Waals surface area contributed by atoms with Crippen molar-refractivity contribution in [3.05, 3.63) is 35.8 Å². The van der Waals surface area contributed by atoms with Crippen molar-refractivity contribution in [3.8, 4) is 0 Å². The maximum absolute atomic E-state index is 5.28. The predicted molar refractivity (Wildman–Crippen MR) is 76.1 cm³/mol. The molecule has 0 spiro atoms. The van der Waals surface area contributed by atoms with Crippen molar-refractivity contribution in [2.75, 3.05) is 6.54 Å². The van der Waals surface area contributed by atoms with Gasteiger partial charge >= 0.3 is 0 Å². The van der Waals surface area contributed by atoms with Gasteiger partial charge < -0.3 is 19.6 Å².